The Morgan fingerprint density at radius 1 is 1.16 bits per heavy atom. The van der Waals surface area contributed by atoms with Gasteiger partial charge >= 0.3 is 5.97 Å². The summed E-state index contributed by atoms with van der Waals surface area (Å²) in [6.45, 7) is 6.74. The average molecular weight is 445 g/mol. The molecule has 0 fully saturated rings. The quantitative estimate of drug-likeness (QED) is 0.448. The van der Waals surface area contributed by atoms with Gasteiger partial charge in [0, 0.05) is 19.0 Å². The lowest BCUT2D eigenvalue weighted by Gasteiger charge is -2.29. The van der Waals surface area contributed by atoms with Crippen LogP contribution in [0.3, 0.4) is 0 Å². The van der Waals surface area contributed by atoms with Crippen LogP contribution in [0.1, 0.15) is 31.9 Å². The van der Waals surface area contributed by atoms with Crippen LogP contribution in [0.5, 0.6) is 11.5 Å². The molecule has 7 heteroatoms. The van der Waals surface area contributed by atoms with Crippen LogP contribution in [0, 0.1) is 11.3 Å². The molecule has 0 bridgehead atoms. The number of carbonyl (C=O) groups is 1. The number of hydrogen-bond donors (Lipinski definition) is 2. The van der Waals surface area contributed by atoms with Crippen LogP contribution in [0.25, 0.3) is 0 Å². The number of nitrogens with two attached hydrogens (primary N) is 1. The van der Waals surface area contributed by atoms with Crippen LogP contribution in [0.4, 0.5) is 0 Å². The third-order valence-electron chi connectivity index (χ3n) is 4.84. The van der Waals surface area contributed by atoms with Gasteiger partial charge in [-0.2, -0.15) is 0 Å². The Bertz CT molecular complexity index is 881. The number of thiocarbonyl (C=S) groups is 1. The predicted octanol–water partition coefficient (Wildman–Crippen LogP) is 3.89. The van der Waals surface area contributed by atoms with Crippen molar-refractivity contribution in [3.05, 3.63) is 59.7 Å². The van der Waals surface area contributed by atoms with Gasteiger partial charge in [-0.05, 0) is 62.7 Å². The lowest BCUT2D eigenvalue weighted by molar-refractivity contribution is -0.154. The molecule has 2 aromatic carbocycles. The number of ether oxygens (including phenoxy) is 2. The van der Waals surface area contributed by atoms with Crippen LogP contribution >= 0.6 is 12.2 Å². The van der Waals surface area contributed by atoms with Crippen molar-refractivity contribution in [3.8, 4) is 11.5 Å². The molecule has 6 nitrogen and oxygen atoms in total. The number of aromatic hydroxyl groups is 1. The van der Waals surface area contributed by atoms with Gasteiger partial charge in [0.05, 0.1) is 19.1 Å². The number of phenolic OH excluding ortho intramolecular Hbond substituents is 1. The maximum atomic E-state index is 12.3. The van der Waals surface area contributed by atoms with E-state index in [1.165, 1.54) is 7.11 Å². The highest BCUT2D eigenvalue weighted by molar-refractivity contribution is 7.80. The molecule has 0 saturated heterocycles. The molecule has 0 saturated carbocycles. The van der Waals surface area contributed by atoms with E-state index < -0.39 is 5.41 Å². The second kappa shape index (κ2) is 11.0. The first kappa shape index (κ1) is 24.5. The van der Waals surface area contributed by atoms with E-state index in [1.54, 1.807) is 18.2 Å². The molecule has 3 N–H and O–H groups in total. The van der Waals surface area contributed by atoms with Crippen LogP contribution in [-0.4, -0.2) is 41.3 Å². The molecule has 0 spiro atoms. The van der Waals surface area contributed by atoms with Crippen LogP contribution in [-0.2, 0) is 22.5 Å². The second-order valence-corrected chi connectivity index (χ2v) is 9.05. The van der Waals surface area contributed by atoms with Crippen molar-refractivity contribution >= 4 is 23.3 Å². The Morgan fingerprint density at radius 3 is 2.42 bits per heavy atom. The number of benzene rings is 2. The first-order valence-electron chi connectivity index (χ1n) is 10.2. The molecular weight excluding hydrogens is 412 g/mol. The summed E-state index contributed by atoms with van der Waals surface area (Å²) in [5.74, 6) is 0.217. The van der Waals surface area contributed by atoms with Crippen molar-refractivity contribution in [2.24, 2.45) is 17.1 Å². The number of phenols is 1. The number of esters is 1. The minimum absolute atomic E-state index is 0.00536. The zero-order valence-corrected chi connectivity index (χ0v) is 19.4. The standard InChI is InChI=1S/C24H32N2O4S/c1-24(2,3)22(28)30-16-19(12-17-8-6-5-7-9-17)15-26(23(25)31)14-18-10-11-20(27)21(13-18)29-4/h5-11,13,19,27H,12,14-16H2,1-4H3,(H2,25,31)/t19-/m0/s1. The molecule has 2 rings (SSSR count). The Labute approximate surface area is 190 Å². The zero-order valence-electron chi connectivity index (χ0n) is 18.6. The number of methoxy groups -OCH3 is 1. The number of nitrogens with zero attached hydrogens (tertiary/aromatic N) is 1. The van der Waals surface area contributed by atoms with Gasteiger partial charge in [0.1, 0.15) is 0 Å². The third kappa shape index (κ3) is 7.75. The molecule has 0 aromatic heterocycles. The first-order valence-corrected chi connectivity index (χ1v) is 10.6. The van der Waals surface area contributed by atoms with Gasteiger partial charge in [-0.1, -0.05) is 36.4 Å². The molecule has 0 aliphatic rings. The van der Waals surface area contributed by atoms with Crippen molar-refractivity contribution < 1.29 is 19.4 Å². The summed E-state index contributed by atoms with van der Waals surface area (Å²) in [5, 5.41) is 10.1. The summed E-state index contributed by atoms with van der Waals surface area (Å²) in [7, 11) is 1.50. The lowest BCUT2D eigenvalue weighted by atomic mass is 9.96. The fourth-order valence-electron chi connectivity index (χ4n) is 3.12. The van der Waals surface area contributed by atoms with Crippen molar-refractivity contribution in [1.29, 1.82) is 0 Å². The topological polar surface area (TPSA) is 85.0 Å². The number of rotatable bonds is 9. The third-order valence-corrected chi connectivity index (χ3v) is 5.10. The van der Waals surface area contributed by atoms with Gasteiger partial charge in [-0.15, -0.1) is 0 Å². The Balaban J connectivity index is 2.17. The highest BCUT2D eigenvalue weighted by atomic mass is 32.1. The van der Waals surface area contributed by atoms with Crippen LogP contribution in [0.2, 0.25) is 0 Å². The highest BCUT2D eigenvalue weighted by Gasteiger charge is 2.25. The van der Waals surface area contributed by atoms with Crippen molar-refractivity contribution in [1.82, 2.24) is 4.90 Å². The predicted molar refractivity (Wildman–Crippen MR) is 126 cm³/mol. The molecule has 0 unspecified atom stereocenters. The maximum Gasteiger partial charge on any atom is 0.311 e. The molecule has 0 heterocycles. The molecule has 31 heavy (non-hydrogen) atoms. The van der Waals surface area contributed by atoms with Crippen molar-refractivity contribution in [2.75, 3.05) is 20.3 Å². The van der Waals surface area contributed by atoms with E-state index in [-0.39, 0.29) is 29.4 Å². The van der Waals surface area contributed by atoms with Gasteiger partial charge in [-0.25, -0.2) is 0 Å². The zero-order chi connectivity index (χ0) is 23.0. The molecule has 168 valence electrons. The van der Waals surface area contributed by atoms with Gasteiger partial charge in [0.2, 0.25) is 0 Å². The molecule has 0 aliphatic carbocycles. The fraction of sp³-hybridized carbons (Fsp3) is 0.417. The number of hydrogen-bond acceptors (Lipinski definition) is 5. The largest absolute Gasteiger partial charge is 0.504 e. The lowest BCUT2D eigenvalue weighted by Crippen LogP contribution is -2.40. The van der Waals surface area contributed by atoms with Gasteiger partial charge < -0.3 is 25.2 Å². The van der Waals surface area contributed by atoms with E-state index >= 15 is 0 Å². The van der Waals surface area contributed by atoms with Gasteiger partial charge in [-0.3, -0.25) is 4.79 Å². The SMILES string of the molecule is COc1cc(CN(C[C@@H](COC(=O)C(C)(C)C)Cc2ccccc2)C(N)=S)ccc1O. The molecule has 0 radical (unpaired) electrons. The van der Waals surface area contributed by atoms with Crippen LogP contribution < -0.4 is 10.5 Å². The summed E-state index contributed by atoms with van der Waals surface area (Å²) in [5.41, 5.74) is 7.50. The second-order valence-electron chi connectivity index (χ2n) is 8.63. The fourth-order valence-corrected chi connectivity index (χ4v) is 3.26. The molecule has 2 aromatic rings. The van der Waals surface area contributed by atoms with E-state index in [0.29, 0.717) is 18.8 Å². The smallest absolute Gasteiger partial charge is 0.311 e. The van der Waals surface area contributed by atoms with Crippen LogP contribution in [0.15, 0.2) is 48.5 Å². The molecule has 0 aliphatic heterocycles. The van der Waals surface area contributed by atoms with E-state index in [1.807, 2.05) is 43.9 Å². The summed E-state index contributed by atoms with van der Waals surface area (Å²) in [6.07, 6.45) is 0.719. The van der Waals surface area contributed by atoms with E-state index in [9.17, 15) is 9.90 Å². The molecule has 1 atom stereocenters. The highest BCUT2D eigenvalue weighted by Crippen LogP contribution is 2.27. The minimum Gasteiger partial charge on any atom is -0.504 e. The van der Waals surface area contributed by atoms with E-state index in [2.05, 4.69) is 12.1 Å². The monoisotopic (exact) mass is 444 g/mol. The Kier molecular flexibility index (Phi) is 8.68. The maximum absolute atomic E-state index is 12.3. The summed E-state index contributed by atoms with van der Waals surface area (Å²) >= 11 is 5.30. The molecular formula is C24H32N2O4S. The van der Waals surface area contributed by atoms with E-state index in [0.717, 1.165) is 17.5 Å². The molecule has 0 amide bonds. The Morgan fingerprint density at radius 2 is 1.84 bits per heavy atom. The van der Waals surface area contributed by atoms with Crippen molar-refractivity contribution in [2.45, 2.75) is 33.7 Å². The number of carbonyl (C=O) groups excluding carboxylic acids is 1. The summed E-state index contributed by atoms with van der Waals surface area (Å²) in [4.78, 5) is 14.2. The summed E-state index contributed by atoms with van der Waals surface area (Å²) < 4.78 is 10.8. The Hall–Kier alpha value is -2.80. The van der Waals surface area contributed by atoms with E-state index in [4.69, 9.17) is 27.4 Å². The first-order chi connectivity index (χ1) is 14.6. The normalized spacial score (nSPS) is 12.1. The van der Waals surface area contributed by atoms with Gasteiger partial charge in [0.15, 0.2) is 16.6 Å². The van der Waals surface area contributed by atoms with Crippen molar-refractivity contribution in [3.63, 3.8) is 0 Å². The average Bonchev–Trinajstić information content (AvgIpc) is 2.72. The minimum atomic E-state index is -0.567. The summed E-state index contributed by atoms with van der Waals surface area (Å²) in [6, 6.07) is 15.2. The van der Waals surface area contributed by atoms with Gasteiger partial charge in [0.25, 0.3) is 0 Å².